The summed E-state index contributed by atoms with van der Waals surface area (Å²) in [4.78, 5) is 5.44. The average Bonchev–Trinajstić information content (AvgIpc) is 3.25. The molecule has 1 aliphatic carbocycles. The van der Waals surface area contributed by atoms with Gasteiger partial charge in [0.05, 0.1) is 0 Å². The second-order valence-electron chi connectivity index (χ2n) is 6.48. The first-order chi connectivity index (χ1) is 10.0. The molecule has 3 N–H and O–H groups in total. The van der Waals surface area contributed by atoms with Crippen molar-refractivity contribution in [2.24, 2.45) is 0 Å². The highest BCUT2D eigenvalue weighted by molar-refractivity contribution is 5.02. The van der Waals surface area contributed by atoms with Crippen LogP contribution in [-0.4, -0.2) is 34.4 Å². The van der Waals surface area contributed by atoms with Crippen LogP contribution in [0.4, 0.5) is 0 Å². The largest absolute Gasteiger partial charge is 0.599 e. The average molecular weight is 303 g/mol. The van der Waals surface area contributed by atoms with Crippen LogP contribution in [0.15, 0.2) is 0 Å². The number of hydrogen-bond acceptors (Lipinski definition) is 5. The van der Waals surface area contributed by atoms with E-state index >= 15 is 0 Å². The molecule has 0 aromatic rings. The van der Waals surface area contributed by atoms with Crippen molar-refractivity contribution in [1.29, 1.82) is 0 Å². The minimum atomic E-state index is -0.955. The molecule has 0 bridgehead atoms. The zero-order valence-electron chi connectivity index (χ0n) is 13.2. The lowest BCUT2D eigenvalue weighted by atomic mass is 9.63. The van der Waals surface area contributed by atoms with Gasteiger partial charge in [0, 0.05) is 38.8 Å². The predicted molar refractivity (Wildman–Crippen MR) is 76.8 cm³/mol. The minimum absolute atomic E-state index is 0.308. The van der Waals surface area contributed by atoms with E-state index in [2.05, 4.69) is 0 Å². The fraction of sp³-hybridized carbons (Fsp3) is 1.00. The number of nitrogens with zero attached hydrogens (tertiary/aromatic N) is 1. The third kappa shape index (κ3) is 3.10. The molecule has 0 radical (unpaired) electrons. The van der Waals surface area contributed by atoms with Crippen molar-refractivity contribution in [3.05, 3.63) is 10.4 Å². The highest BCUT2D eigenvalue weighted by Crippen LogP contribution is 2.39. The maximum absolute atomic E-state index is 12.8. The molecule has 21 heavy (non-hydrogen) atoms. The first kappa shape index (κ1) is 17.1. The Hall–Kier alpha value is -0.280. The van der Waals surface area contributed by atoms with Crippen LogP contribution in [0.3, 0.4) is 0 Å². The number of quaternary nitrogens is 2. The van der Waals surface area contributed by atoms with Crippen LogP contribution in [0.25, 0.3) is 0 Å². The Kier molecular flexibility index (Phi) is 5.59. The molecule has 2 rings (SSSR count). The van der Waals surface area contributed by atoms with Crippen LogP contribution in [0.2, 0.25) is 0 Å². The number of nitrogens with one attached hydrogen (secondary N) is 2. The number of rotatable bonds is 8. The molecule has 1 heterocycles. The van der Waals surface area contributed by atoms with Gasteiger partial charge >= 0.3 is 0 Å². The quantitative estimate of drug-likeness (QED) is 0.432. The fourth-order valence-corrected chi connectivity index (χ4v) is 4.07. The van der Waals surface area contributed by atoms with Gasteiger partial charge in [0.2, 0.25) is 0 Å². The van der Waals surface area contributed by atoms with Gasteiger partial charge in [0.15, 0.2) is 11.1 Å². The van der Waals surface area contributed by atoms with Crippen molar-refractivity contribution in [3.63, 3.8) is 0 Å². The predicted octanol–water partition coefficient (Wildman–Crippen LogP) is -0.0450. The molecule has 2 fully saturated rings. The topological polar surface area (TPSA) is 87.5 Å². The van der Waals surface area contributed by atoms with E-state index in [1.54, 1.807) is 5.06 Å². The van der Waals surface area contributed by atoms with Crippen molar-refractivity contribution in [2.75, 3.05) is 13.1 Å². The van der Waals surface area contributed by atoms with Gasteiger partial charge < -0.3 is 10.4 Å². The molecule has 7 nitrogen and oxygen atoms in total. The van der Waals surface area contributed by atoms with E-state index < -0.39 is 16.3 Å². The lowest BCUT2D eigenvalue weighted by molar-refractivity contribution is -1.17. The van der Waals surface area contributed by atoms with Gasteiger partial charge in [-0.2, -0.15) is 5.23 Å². The van der Waals surface area contributed by atoms with Crippen LogP contribution >= 0.6 is 0 Å². The molecule has 0 amide bonds. The van der Waals surface area contributed by atoms with Crippen molar-refractivity contribution in [3.8, 4) is 0 Å². The maximum Gasteiger partial charge on any atom is 0.186 e. The molecule has 4 unspecified atom stereocenters. The van der Waals surface area contributed by atoms with Gasteiger partial charge in [0.1, 0.15) is 0 Å². The monoisotopic (exact) mass is 303 g/mol. The molecule has 2 aliphatic rings. The summed E-state index contributed by atoms with van der Waals surface area (Å²) < 4.78 is 0. The third-order valence-corrected chi connectivity index (χ3v) is 5.15. The number of hydrogen-bond donors (Lipinski definition) is 3. The standard InChI is InChI=1S/C14H29N3O4/c1-3-7-13(16(18)19)9-5-6-10-14(13,8-4-2)17(20)21-15-11-12-15/h16-18H,3-12H2,1-2H3. The zero-order valence-corrected chi connectivity index (χ0v) is 13.2. The summed E-state index contributed by atoms with van der Waals surface area (Å²) >= 11 is 0. The lowest BCUT2D eigenvalue weighted by Crippen LogP contribution is -3.29. The molecule has 1 aliphatic heterocycles. The van der Waals surface area contributed by atoms with Gasteiger partial charge in [0.25, 0.3) is 0 Å². The lowest BCUT2D eigenvalue weighted by Gasteiger charge is -2.55. The van der Waals surface area contributed by atoms with Gasteiger partial charge in [-0.3, -0.25) is 0 Å². The highest BCUT2D eigenvalue weighted by atomic mass is 17.0. The minimum Gasteiger partial charge on any atom is -0.599 e. The Morgan fingerprint density at radius 1 is 1.05 bits per heavy atom. The van der Waals surface area contributed by atoms with Crippen LogP contribution in [0.1, 0.15) is 65.2 Å². The van der Waals surface area contributed by atoms with Gasteiger partial charge in [-0.25, -0.2) is 10.4 Å². The molecule has 7 heteroatoms. The van der Waals surface area contributed by atoms with Crippen molar-refractivity contribution < 1.29 is 20.6 Å². The van der Waals surface area contributed by atoms with Crippen LogP contribution in [-0.2, 0) is 4.94 Å². The molecule has 1 saturated heterocycles. The molecule has 124 valence electrons. The van der Waals surface area contributed by atoms with E-state index in [1.165, 1.54) is 0 Å². The summed E-state index contributed by atoms with van der Waals surface area (Å²) in [7, 11) is 0. The molecule has 0 spiro atoms. The smallest absolute Gasteiger partial charge is 0.186 e. The Bertz CT molecular complexity index is 332. The van der Waals surface area contributed by atoms with E-state index in [1.807, 2.05) is 13.8 Å². The van der Waals surface area contributed by atoms with Crippen molar-refractivity contribution in [2.45, 2.75) is 76.3 Å². The van der Waals surface area contributed by atoms with Crippen LogP contribution in [0.5, 0.6) is 0 Å². The van der Waals surface area contributed by atoms with Crippen molar-refractivity contribution in [1.82, 2.24) is 5.06 Å². The van der Waals surface area contributed by atoms with E-state index in [0.29, 0.717) is 25.7 Å². The summed E-state index contributed by atoms with van der Waals surface area (Å²) in [5.74, 6) is 0. The van der Waals surface area contributed by atoms with Gasteiger partial charge in [-0.1, -0.05) is 13.8 Å². The summed E-state index contributed by atoms with van der Waals surface area (Å²) in [6.45, 7) is 5.54. The summed E-state index contributed by atoms with van der Waals surface area (Å²) in [5, 5.41) is 35.4. The fourth-order valence-electron chi connectivity index (χ4n) is 4.07. The molecule has 1 saturated carbocycles. The van der Waals surface area contributed by atoms with Gasteiger partial charge in [-0.05, 0) is 25.7 Å². The van der Waals surface area contributed by atoms with E-state index in [9.17, 15) is 15.6 Å². The summed E-state index contributed by atoms with van der Waals surface area (Å²) in [6, 6.07) is 0. The van der Waals surface area contributed by atoms with Crippen LogP contribution in [0, 0.1) is 10.4 Å². The summed E-state index contributed by atoms with van der Waals surface area (Å²) in [5.41, 5.74) is -1.81. The van der Waals surface area contributed by atoms with Crippen molar-refractivity contribution >= 4 is 0 Å². The molecule has 0 aromatic carbocycles. The first-order valence-corrected chi connectivity index (χ1v) is 8.23. The second-order valence-corrected chi connectivity index (χ2v) is 6.48. The van der Waals surface area contributed by atoms with Crippen LogP contribution < -0.4 is 10.5 Å². The SMILES string of the molecule is CCCC1([NH+]([O-])O)CCCCC1(CCC)[NH+]([O-])ON1CC1. The molecular formula is C14H29N3O4. The summed E-state index contributed by atoms with van der Waals surface area (Å²) in [6.07, 6.45) is 5.75. The molecular weight excluding hydrogens is 274 g/mol. The highest BCUT2D eigenvalue weighted by Gasteiger charge is 2.63. The Labute approximate surface area is 126 Å². The van der Waals surface area contributed by atoms with E-state index in [4.69, 9.17) is 4.94 Å². The second kappa shape index (κ2) is 6.87. The normalized spacial score (nSPS) is 36.4. The first-order valence-electron chi connectivity index (χ1n) is 8.23. The Morgan fingerprint density at radius 3 is 2.05 bits per heavy atom. The van der Waals surface area contributed by atoms with E-state index in [0.717, 1.165) is 38.8 Å². The van der Waals surface area contributed by atoms with Gasteiger partial charge in [-0.15, -0.1) is 10.0 Å². The maximum atomic E-state index is 12.8. The number of hydroxylamine groups is 6. The Morgan fingerprint density at radius 2 is 1.57 bits per heavy atom. The zero-order chi connectivity index (χ0) is 15.5. The van der Waals surface area contributed by atoms with E-state index in [-0.39, 0.29) is 5.23 Å². The molecule has 0 aromatic heterocycles. The molecule has 4 atom stereocenters. The third-order valence-electron chi connectivity index (χ3n) is 5.15. The Balaban J connectivity index is 2.34.